The first-order chi connectivity index (χ1) is 14.0. The van der Waals surface area contributed by atoms with Crippen molar-refractivity contribution in [2.75, 3.05) is 13.2 Å². The van der Waals surface area contributed by atoms with Crippen LogP contribution in [0.3, 0.4) is 0 Å². The quantitative estimate of drug-likeness (QED) is 0.460. The largest absolute Gasteiger partial charge is 0.387 e. The van der Waals surface area contributed by atoms with E-state index in [9.17, 15) is 20.4 Å². The lowest BCUT2D eigenvalue weighted by atomic mass is 9.97. The zero-order valence-electron chi connectivity index (χ0n) is 15.4. The number of hydrogen-bond donors (Lipinski definition) is 4. The molecule has 0 aromatic heterocycles. The first-order valence-corrected chi connectivity index (χ1v) is 9.65. The van der Waals surface area contributed by atoms with Crippen LogP contribution in [-0.2, 0) is 28.4 Å². The summed E-state index contributed by atoms with van der Waals surface area (Å²) in [6, 6.07) is 9.26. The fraction of sp³-hybridized carbons (Fsp3) is 0.684. The molecule has 10 heteroatoms. The average Bonchev–Trinajstić information content (AvgIpc) is 3.20. The van der Waals surface area contributed by atoms with E-state index in [0.717, 1.165) is 5.56 Å². The summed E-state index contributed by atoms with van der Waals surface area (Å²) in [5.41, 5.74) is 0.790. The van der Waals surface area contributed by atoms with Crippen molar-refractivity contribution in [2.24, 2.45) is 0 Å². The van der Waals surface area contributed by atoms with Crippen LogP contribution in [0.15, 0.2) is 30.3 Å². The minimum absolute atomic E-state index is 0.120. The highest BCUT2D eigenvalue weighted by Crippen LogP contribution is 2.36. The van der Waals surface area contributed by atoms with Crippen molar-refractivity contribution in [1.29, 1.82) is 0 Å². The number of fused-ring (bicyclic) bond motifs is 3. The highest BCUT2D eigenvalue weighted by Gasteiger charge is 2.54. The maximum absolute atomic E-state index is 10.6. The molecule has 4 N–H and O–H groups in total. The lowest BCUT2D eigenvalue weighted by molar-refractivity contribution is -0.376. The molecule has 160 valence electrons. The van der Waals surface area contributed by atoms with Crippen LogP contribution in [-0.4, -0.2) is 95.1 Å². The topological polar surface area (TPSA) is 136 Å². The molecule has 5 rings (SSSR count). The van der Waals surface area contributed by atoms with Gasteiger partial charge in [-0.2, -0.15) is 0 Å². The Labute approximate surface area is 166 Å². The Hall–Kier alpha value is -1.18. The van der Waals surface area contributed by atoms with E-state index in [1.165, 1.54) is 0 Å². The third kappa shape index (κ3) is 3.49. The van der Waals surface area contributed by atoms with Crippen molar-refractivity contribution in [3.8, 4) is 0 Å². The van der Waals surface area contributed by atoms with Gasteiger partial charge in [-0.25, -0.2) is 0 Å². The zero-order valence-corrected chi connectivity index (χ0v) is 15.4. The van der Waals surface area contributed by atoms with E-state index in [-0.39, 0.29) is 13.2 Å². The lowest BCUT2D eigenvalue weighted by Gasteiger charge is -2.47. The van der Waals surface area contributed by atoms with Gasteiger partial charge in [0.05, 0.1) is 13.2 Å². The average molecular weight is 412 g/mol. The third-order valence-electron chi connectivity index (χ3n) is 5.76. The molecule has 29 heavy (non-hydrogen) atoms. The molecule has 4 heterocycles. The first-order valence-electron chi connectivity index (χ1n) is 9.65. The number of aliphatic hydroxyl groups is 4. The Kier molecular flexibility index (Phi) is 5.33. The Morgan fingerprint density at radius 1 is 0.759 bits per heavy atom. The van der Waals surface area contributed by atoms with Crippen molar-refractivity contribution < 1.29 is 48.8 Å². The second kappa shape index (κ2) is 7.82. The molecule has 1 aromatic rings. The summed E-state index contributed by atoms with van der Waals surface area (Å²) in [5.74, 6) is 0. The Morgan fingerprint density at radius 3 is 2.31 bits per heavy atom. The number of benzene rings is 1. The van der Waals surface area contributed by atoms with Gasteiger partial charge < -0.3 is 48.8 Å². The standard InChI is InChI=1S/C19H24O10/c20-11-13(22)18-25-7-9(26-18)16(11)29-19-14(23)12(21)15-10(27-19)6-24-17(28-15)8-4-2-1-3-5-8/h1-5,9-23H,6-7H2/t9-,10+,11-,12-,13-,14-,15-,16-,17?,18-,19-/m1/s1. The maximum Gasteiger partial charge on any atom is 0.187 e. The highest BCUT2D eigenvalue weighted by atomic mass is 16.8. The fourth-order valence-corrected chi connectivity index (χ4v) is 4.16. The highest BCUT2D eigenvalue weighted by molar-refractivity contribution is 5.16. The van der Waals surface area contributed by atoms with Gasteiger partial charge >= 0.3 is 0 Å². The molecular weight excluding hydrogens is 388 g/mol. The van der Waals surface area contributed by atoms with Crippen molar-refractivity contribution in [2.45, 2.75) is 67.7 Å². The van der Waals surface area contributed by atoms with Crippen molar-refractivity contribution in [3.63, 3.8) is 0 Å². The number of rotatable bonds is 3. The Morgan fingerprint density at radius 2 is 1.52 bits per heavy atom. The van der Waals surface area contributed by atoms with E-state index < -0.39 is 67.7 Å². The molecule has 2 bridgehead atoms. The van der Waals surface area contributed by atoms with Gasteiger partial charge in [0, 0.05) is 5.56 Å². The molecule has 0 amide bonds. The molecule has 0 aliphatic carbocycles. The molecule has 0 radical (unpaired) electrons. The molecule has 10 nitrogen and oxygen atoms in total. The lowest BCUT2D eigenvalue weighted by Crippen LogP contribution is -2.64. The number of ether oxygens (including phenoxy) is 6. The third-order valence-corrected chi connectivity index (χ3v) is 5.76. The van der Waals surface area contributed by atoms with Crippen molar-refractivity contribution >= 4 is 0 Å². The first kappa shape index (κ1) is 19.8. The Balaban J connectivity index is 1.27. The van der Waals surface area contributed by atoms with Gasteiger partial charge in [-0.05, 0) is 0 Å². The second-order valence-electron chi connectivity index (χ2n) is 7.66. The van der Waals surface area contributed by atoms with Gasteiger partial charge in [0.25, 0.3) is 0 Å². The summed E-state index contributed by atoms with van der Waals surface area (Å²) in [6.45, 7) is 0.251. The van der Waals surface area contributed by atoms with E-state index >= 15 is 0 Å². The fourth-order valence-electron chi connectivity index (χ4n) is 4.16. The smallest absolute Gasteiger partial charge is 0.187 e. The van der Waals surface area contributed by atoms with E-state index in [0.29, 0.717) is 0 Å². The molecule has 0 spiro atoms. The Bertz CT molecular complexity index is 701. The summed E-state index contributed by atoms with van der Waals surface area (Å²) in [5, 5.41) is 41.5. The maximum atomic E-state index is 10.6. The van der Waals surface area contributed by atoms with Crippen LogP contribution < -0.4 is 0 Å². The van der Waals surface area contributed by atoms with Gasteiger partial charge in [-0.1, -0.05) is 30.3 Å². The molecule has 4 fully saturated rings. The summed E-state index contributed by atoms with van der Waals surface area (Å²) < 4.78 is 33.8. The monoisotopic (exact) mass is 412 g/mol. The molecular formula is C19H24O10. The summed E-state index contributed by atoms with van der Waals surface area (Å²) in [4.78, 5) is 0. The van der Waals surface area contributed by atoms with Crippen LogP contribution in [0.2, 0.25) is 0 Å². The van der Waals surface area contributed by atoms with Crippen LogP contribution in [0.25, 0.3) is 0 Å². The van der Waals surface area contributed by atoms with E-state index in [2.05, 4.69) is 0 Å². The molecule has 11 atom stereocenters. The summed E-state index contributed by atoms with van der Waals surface area (Å²) >= 11 is 0. The number of aliphatic hydroxyl groups excluding tert-OH is 4. The molecule has 4 aliphatic heterocycles. The summed E-state index contributed by atoms with van der Waals surface area (Å²) in [6.07, 6.45) is -11.3. The summed E-state index contributed by atoms with van der Waals surface area (Å²) in [7, 11) is 0. The SMILES string of the molecule is O[C@@H]1[C@@H](O)[C@@H](O[C@H]2[C@H](O)[C@@H](O)[C@@H]3OC[C@H]2O3)O[C@H]2COC(c3ccccc3)O[C@@H]12. The van der Waals surface area contributed by atoms with Gasteiger partial charge in [0.15, 0.2) is 18.9 Å². The van der Waals surface area contributed by atoms with Gasteiger partial charge in [0.1, 0.15) is 48.8 Å². The molecule has 4 aliphatic rings. The molecule has 1 aromatic carbocycles. The minimum Gasteiger partial charge on any atom is -0.387 e. The number of hydrogen-bond acceptors (Lipinski definition) is 10. The predicted molar refractivity (Wildman–Crippen MR) is 92.2 cm³/mol. The van der Waals surface area contributed by atoms with Gasteiger partial charge in [-0.15, -0.1) is 0 Å². The van der Waals surface area contributed by atoms with Crippen LogP contribution in [0.1, 0.15) is 11.9 Å². The van der Waals surface area contributed by atoms with Crippen molar-refractivity contribution in [1.82, 2.24) is 0 Å². The van der Waals surface area contributed by atoms with Gasteiger partial charge in [-0.3, -0.25) is 0 Å². The molecule has 4 saturated heterocycles. The van der Waals surface area contributed by atoms with E-state index in [1.54, 1.807) is 0 Å². The second-order valence-corrected chi connectivity index (χ2v) is 7.66. The minimum atomic E-state index is -1.44. The molecule has 0 saturated carbocycles. The van der Waals surface area contributed by atoms with Crippen molar-refractivity contribution in [3.05, 3.63) is 35.9 Å². The molecule has 1 unspecified atom stereocenters. The predicted octanol–water partition coefficient (Wildman–Crippen LogP) is -1.59. The van der Waals surface area contributed by atoms with E-state index in [1.807, 2.05) is 30.3 Å². The van der Waals surface area contributed by atoms with Gasteiger partial charge in [0.2, 0.25) is 0 Å². The van der Waals surface area contributed by atoms with Crippen LogP contribution in [0.5, 0.6) is 0 Å². The van der Waals surface area contributed by atoms with Crippen LogP contribution in [0, 0.1) is 0 Å². The normalized spacial score (nSPS) is 49.6. The van der Waals surface area contributed by atoms with E-state index in [4.69, 9.17) is 28.4 Å². The zero-order chi connectivity index (χ0) is 20.1. The van der Waals surface area contributed by atoms with Crippen LogP contribution >= 0.6 is 0 Å². The van der Waals surface area contributed by atoms with Crippen LogP contribution in [0.4, 0.5) is 0 Å².